The number of rotatable bonds is 3. The summed E-state index contributed by atoms with van der Waals surface area (Å²) in [5.74, 6) is -0.212. The highest BCUT2D eigenvalue weighted by Crippen LogP contribution is 2.17. The molecular formula is C16H14ClNO2. The second kappa shape index (κ2) is 5.88. The van der Waals surface area contributed by atoms with Crippen molar-refractivity contribution in [3.8, 4) is 0 Å². The maximum atomic E-state index is 12.1. The number of benzene rings is 2. The molecule has 0 aliphatic carbocycles. The Morgan fingerprint density at radius 1 is 1.00 bits per heavy atom. The Labute approximate surface area is 122 Å². The molecule has 1 amide bonds. The quantitative estimate of drug-likeness (QED) is 0.864. The van der Waals surface area contributed by atoms with Gasteiger partial charge in [-0.05, 0) is 61.9 Å². The Bertz CT molecular complexity index is 663. The number of hydrogen-bond acceptors (Lipinski definition) is 2. The largest absolute Gasteiger partial charge is 0.322 e. The minimum atomic E-state index is -0.208. The van der Waals surface area contributed by atoms with E-state index in [4.69, 9.17) is 11.6 Å². The smallest absolute Gasteiger partial charge is 0.255 e. The lowest BCUT2D eigenvalue weighted by Gasteiger charge is -2.07. The van der Waals surface area contributed by atoms with Crippen molar-refractivity contribution in [3.63, 3.8) is 0 Å². The third-order valence-electron chi connectivity index (χ3n) is 2.97. The molecule has 0 unspecified atom stereocenters. The average Bonchev–Trinajstić information content (AvgIpc) is 2.42. The Morgan fingerprint density at radius 2 is 1.60 bits per heavy atom. The van der Waals surface area contributed by atoms with Crippen LogP contribution in [0.2, 0.25) is 5.02 Å². The summed E-state index contributed by atoms with van der Waals surface area (Å²) < 4.78 is 0. The molecule has 102 valence electrons. The summed E-state index contributed by atoms with van der Waals surface area (Å²) in [7, 11) is 0. The zero-order valence-electron chi connectivity index (χ0n) is 11.2. The van der Waals surface area contributed by atoms with E-state index < -0.39 is 0 Å². The molecule has 0 fully saturated rings. The van der Waals surface area contributed by atoms with E-state index in [-0.39, 0.29) is 11.7 Å². The molecule has 20 heavy (non-hydrogen) atoms. The van der Waals surface area contributed by atoms with Crippen LogP contribution in [0, 0.1) is 6.92 Å². The molecule has 0 spiro atoms. The third-order valence-corrected chi connectivity index (χ3v) is 3.39. The molecule has 2 aromatic rings. The molecule has 0 bridgehead atoms. The van der Waals surface area contributed by atoms with Gasteiger partial charge in [0.25, 0.3) is 5.91 Å². The van der Waals surface area contributed by atoms with Gasteiger partial charge in [-0.1, -0.05) is 11.6 Å². The molecule has 3 nitrogen and oxygen atoms in total. The second-order valence-electron chi connectivity index (χ2n) is 4.55. The fourth-order valence-corrected chi connectivity index (χ4v) is 1.90. The number of nitrogens with one attached hydrogen (secondary N) is 1. The van der Waals surface area contributed by atoms with Gasteiger partial charge in [0.15, 0.2) is 5.78 Å². The van der Waals surface area contributed by atoms with Crippen molar-refractivity contribution < 1.29 is 9.59 Å². The van der Waals surface area contributed by atoms with Crippen LogP contribution < -0.4 is 5.32 Å². The summed E-state index contributed by atoms with van der Waals surface area (Å²) in [5, 5.41) is 3.41. The number of carbonyl (C=O) groups excluding carboxylic acids is 2. The number of ketones is 1. The van der Waals surface area contributed by atoms with Gasteiger partial charge >= 0.3 is 0 Å². The van der Waals surface area contributed by atoms with E-state index in [2.05, 4.69) is 5.32 Å². The van der Waals surface area contributed by atoms with Crippen LogP contribution in [-0.2, 0) is 0 Å². The number of Topliss-reactive ketones (excluding diaryl/α,β-unsaturated/α-hetero) is 1. The van der Waals surface area contributed by atoms with E-state index in [1.807, 2.05) is 6.92 Å². The Morgan fingerprint density at radius 3 is 2.15 bits per heavy atom. The summed E-state index contributed by atoms with van der Waals surface area (Å²) in [4.78, 5) is 23.2. The fourth-order valence-electron chi connectivity index (χ4n) is 1.78. The summed E-state index contributed by atoms with van der Waals surface area (Å²) >= 11 is 5.93. The van der Waals surface area contributed by atoms with Crippen molar-refractivity contribution in [2.24, 2.45) is 0 Å². The summed E-state index contributed by atoms with van der Waals surface area (Å²) in [6.07, 6.45) is 0. The van der Waals surface area contributed by atoms with Gasteiger partial charge in [-0.25, -0.2) is 0 Å². The SMILES string of the molecule is CC(=O)c1ccc(NC(=O)c2ccc(Cl)c(C)c2)cc1. The van der Waals surface area contributed by atoms with Gasteiger partial charge in [-0.3, -0.25) is 9.59 Å². The topological polar surface area (TPSA) is 46.2 Å². The van der Waals surface area contributed by atoms with Gasteiger partial charge in [0.1, 0.15) is 0 Å². The molecule has 2 rings (SSSR count). The molecular weight excluding hydrogens is 274 g/mol. The van der Waals surface area contributed by atoms with Gasteiger partial charge in [-0.2, -0.15) is 0 Å². The van der Waals surface area contributed by atoms with E-state index in [1.54, 1.807) is 42.5 Å². The van der Waals surface area contributed by atoms with Crippen molar-refractivity contribution in [2.75, 3.05) is 5.32 Å². The molecule has 0 aliphatic rings. The Hall–Kier alpha value is -2.13. The van der Waals surface area contributed by atoms with Gasteiger partial charge < -0.3 is 5.32 Å². The Balaban J connectivity index is 2.14. The van der Waals surface area contributed by atoms with Crippen molar-refractivity contribution in [1.29, 1.82) is 0 Å². The van der Waals surface area contributed by atoms with Crippen LogP contribution in [0.4, 0.5) is 5.69 Å². The first-order valence-corrected chi connectivity index (χ1v) is 6.53. The lowest BCUT2D eigenvalue weighted by Crippen LogP contribution is -2.12. The minimum Gasteiger partial charge on any atom is -0.322 e. The average molecular weight is 288 g/mol. The molecule has 0 saturated carbocycles. The monoisotopic (exact) mass is 287 g/mol. The summed E-state index contributed by atoms with van der Waals surface area (Å²) in [5.41, 5.74) is 2.66. The first kappa shape index (κ1) is 14.3. The van der Waals surface area contributed by atoms with Gasteiger partial charge in [0.2, 0.25) is 0 Å². The van der Waals surface area contributed by atoms with Crippen molar-refractivity contribution in [2.45, 2.75) is 13.8 Å². The fraction of sp³-hybridized carbons (Fsp3) is 0.125. The first-order valence-electron chi connectivity index (χ1n) is 6.16. The standard InChI is InChI=1S/C16H14ClNO2/c1-10-9-13(5-8-15(10)17)16(20)18-14-6-3-12(4-7-14)11(2)19/h3-9H,1-2H3,(H,18,20). The molecule has 0 aromatic heterocycles. The van der Waals surface area contributed by atoms with E-state index in [9.17, 15) is 9.59 Å². The lowest BCUT2D eigenvalue weighted by atomic mass is 10.1. The number of carbonyl (C=O) groups is 2. The second-order valence-corrected chi connectivity index (χ2v) is 4.96. The van der Waals surface area contributed by atoms with Gasteiger partial charge in [0.05, 0.1) is 0 Å². The normalized spacial score (nSPS) is 10.2. The zero-order chi connectivity index (χ0) is 14.7. The molecule has 4 heteroatoms. The van der Waals surface area contributed by atoms with Crippen molar-refractivity contribution in [1.82, 2.24) is 0 Å². The number of anilines is 1. The molecule has 0 aliphatic heterocycles. The van der Waals surface area contributed by atoms with Crippen LogP contribution in [0.3, 0.4) is 0 Å². The Kier molecular flexibility index (Phi) is 4.20. The van der Waals surface area contributed by atoms with Crippen LogP contribution in [-0.4, -0.2) is 11.7 Å². The van der Waals surface area contributed by atoms with Crippen LogP contribution in [0.5, 0.6) is 0 Å². The van der Waals surface area contributed by atoms with Crippen molar-refractivity contribution >= 4 is 29.0 Å². The van der Waals surface area contributed by atoms with E-state index in [0.29, 0.717) is 21.8 Å². The summed E-state index contributed by atoms with van der Waals surface area (Å²) in [6.45, 7) is 3.35. The van der Waals surface area contributed by atoms with E-state index in [0.717, 1.165) is 5.56 Å². The highest BCUT2D eigenvalue weighted by Gasteiger charge is 2.08. The number of aryl methyl sites for hydroxylation is 1. The third kappa shape index (κ3) is 3.25. The van der Waals surface area contributed by atoms with Crippen LogP contribution in [0.1, 0.15) is 33.2 Å². The molecule has 0 radical (unpaired) electrons. The molecule has 1 N–H and O–H groups in total. The van der Waals surface area contributed by atoms with Gasteiger partial charge in [0, 0.05) is 21.8 Å². The minimum absolute atomic E-state index is 0.00352. The van der Waals surface area contributed by atoms with E-state index in [1.165, 1.54) is 6.92 Å². The van der Waals surface area contributed by atoms with Crippen LogP contribution >= 0.6 is 11.6 Å². The lowest BCUT2D eigenvalue weighted by molar-refractivity contribution is 0.101. The van der Waals surface area contributed by atoms with Crippen LogP contribution in [0.25, 0.3) is 0 Å². The first-order chi connectivity index (χ1) is 9.47. The number of hydrogen-bond donors (Lipinski definition) is 1. The molecule has 0 heterocycles. The maximum Gasteiger partial charge on any atom is 0.255 e. The maximum absolute atomic E-state index is 12.1. The highest BCUT2D eigenvalue weighted by atomic mass is 35.5. The number of halogens is 1. The predicted octanol–water partition coefficient (Wildman–Crippen LogP) is 4.10. The van der Waals surface area contributed by atoms with E-state index >= 15 is 0 Å². The zero-order valence-corrected chi connectivity index (χ0v) is 12.0. The predicted molar refractivity (Wildman–Crippen MR) is 80.6 cm³/mol. The molecule has 0 saturated heterocycles. The highest BCUT2D eigenvalue weighted by molar-refractivity contribution is 6.31. The van der Waals surface area contributed by atoms with Crippen LogP contribution in [0.15, 0.2) is 42.5 Å². The van der Waals surface area contributed by atoms with Crippen molar-refractivity contribution in [3.05, 3.63) is 64.2 Å². The molecule has 0 atom stereocenters. The molecule has 2 aromatic carbocycles. The number of amides is 1. The summed E-state index contributed by atoms with van der Waals surface area (Å²) in [6, 6.07) is 11.9. The van der Waals surface area contributed by atoms with Gasteiger partial charge in [-0.15, -0.1) is 0 Å².